The Labute approximate surface area is 188 Å². The molecule has 4 aliphatic rings. The standard InChI is InChI=1S/C20H25F3O9S/c21-14(20(22,23)33(27,28)29)5-6-30-17(24)10-3-1-2-4-11(10)18(25)31-15-9-7-12-13(8-9)19(26)32-16(12)15/h9-16H,1-8H2,(H,27,28,29). The fraction of sp³-hybridized carbons (Fsp3) is 0.850. The Hall–Kier alpha value is -1.89. The van der Waals surface area contributed by atoms with Gasteiger partial charge in [0.25, 0.3) is 0 Å². The molecular weight excluding hydrogens is 473 g/mol. The molecule has 1 heterocycles. The van der Waals surface area contributed by atoms with Crippen molar-refractivity contribution in [2.45, 2.75) is 68.6 Å². The zero-order chi connectivity index (χ0) is 24.1. The van der Waals surface area contributed by atoms with Crippen LogP contribution in [0, 0.1) is 29.6 Å². The van der Waals surface area contributed by atoms with E-state index in [0.29, 0.717) is 25.7 Å². The Morgan fingerprint density at radius 1 is 1.15 bits per heavy atom. The first-order valence-electron chi connectivity index (χ1n) is 11.0. The molecule has 0 spiro atoms. The molecule has 13 heteroatoms. The number of fused-ring (bicyclic) bond motifs is 1. The van der Waals surface area contributed by atoms with Gasteiger partial charge in [-0.15, -0.1) is 0 Å². The van der Waals surface area contributed by atoms with Crippen molar-refractivity contribution in [3.05, 3.63) is 0 Å². The van der Waals surface area contributed by atoms with Crippen LogP contribution in [0.15, 0.2) is 0 Å². The Kier molecular flexibility index (Phi) is 6.40. The number of carbonyl (C=O) groups excluding carboxylic acids is 3. The van der Waals surface area contributed by atoms with Crippen LogP contribution in [0.2, 0.25) is 0 Å². The minimum absolute atomic E-state index is 0.0281. The van der Waals surface area contributed by atoms with Crippen molar-refractivity contribution in [1.29, 1.82) is 0 Å². The molecule has 4 fully saturated rings. The lowest BCUT2D eigenvalue weighted by Crippen LogP contribution is -2.41. The van der Waals surface area contributed by atoms with Gasteiger partial charge in [0.2, 0.25) is 0 Å². The van der Waals surface area contributed by atoms with Gasteiger partial charge >= 0.3 is 33.3 Å². The van der Waals surface area contributed by atoms with E-state index in [1.807, 2.05) is 0 Å². The summed E-state index contributed by atoms with van der Waals surface area (Å²) in [5, 5.41) is -5.03. The van der Waals surface area contributed by atoms with Crippen molar-refractivity contribution in [1.82, 2.24) is 0 Å². The van der Waals surface area contributed by atoms with Gasteiger partial charge in [-0.25, -0.2) is 4.39 Å². The number of halogens is 3. The number of rotatable bonds is 8. The summed E-state index contributed by atoms with van der Waals surface area (Å²) in [6.45, 7) is -0.852. The van der Waals surface area contributed by atoms with Crippen LogP contribution in [0.1, 0.15) is 44.9 Å². The van der Waals surface area contributed by atoms with Gasteiger partial charge in [-0.1, -0.05) is 12.8 Å². The van der Waals surface area contributed by atoms with Gasteiger partial charge in [0, 0.05) is 18.3 Å². The van der Waals surface area contributed by atoms with E-state index in [-0.39, 0.29) is 30.1 Å². The summed E-state index contributed by atoms with van der Waals surface area (Å²) in [6.07, 6.45) is -2.19. The number of ether oxygens (including phenoxy) is 3. The highest BCUT2D eigenvalue weighted by molar-refractivity contribution is 7.86. The van der Waals surface area contributed by atoms with E-state index in [9.17, 15) is 36.0 Å². The average Bonchev–Trinajstić information content (AvgIpc) is 3.38. The van der Waals surface area contributed by atoms with Crippen LogP contribution in [0.5, 0.6) is 0 Å². The molecule has 0 aromatic rings. The highest BCUT2D eigenvalue weighted by atomic mass is 32.2. The molecule has 186 valence electrons. The van der Waals surface area contributed by atoms with Crippen molar-refractivity contribution < 1.29 is 54.7 Å². The van der Waals surface area contributed by atoms with Crippen molar-refractivity contribution in [3.8, 4) is 0 Å². The van der Waals surface area contributed by atoms with Gasteiger partial charge < -0.3 is 14.2 Å². The number of carbonyl (C=O) groups is 3. The van der Waals surface area contributed by atoms with Crippen molar-refractivity contribution in [3.63, 3.8) is 0 Å². The number of hydrogen-bond donors (Lipinski definition) is 1. The van der Waals surface area contributed by atoms with Crippen LogP contribution >= 0.6 is 0 Å². The topological polar surface area (TPSA) is 133 Å². The van der Waals surface area contributed by atoms with E-state index in [4.69, 9.17) is 18.8 Å². The molecule has 2 bridgehead atoms. The summed E-state index contributed by atoms with van der Waals surface area (Å²) in [5.41, 5.74) is 0. The fourth-order valence-corrected chi connectivity index (χ4v) is 6.12. The minimum atomic E-state index is -5.96. The highest BCUT2D eigenvalue weighted by Crippen LogP contribution is 2.55. The van der Waals surface area contributed by atoms with Crippen LogP contribution in [0.3, 0.4) is 0 Å². The quantitative estimate of drug-likeness (QED) is 0.303. The van der Waals surface area contributed by atoms with E-state index in [2.05, 4.69) is 0 Å². The van der Waals surface area contributed by atoms with E-state index in [1.54, 1.807) is 0 Å². The monoisotopic (exact) mass is 498 g/mol. The van der Waals surface area contributed by atoms with E-state index < -0.39 is 70.6 Å². The molecule has 1 N–H and O–H groups in total. The van der Waals surface area contributed by atoms with Crippen molar-refractivity contribution >= 4 is 28.0 Å². The zero-order valence-corrected chi connectivity index (χ0v) is 18.3. The molecule has 0 amide bonds. The van der Waals surface area contributed by atoms with Crippen LogP contribution in [-0.2, 0) is 38.7 Å². The Morgan fingerprint density at radius 3 is 2.42 bits per heavy atom. The Bertz CT molecular complexity index is 924. The van der Waals surface area contributed by atoms with Gasteiger partial charge in [0.1, 0.15) is 12.2 Å². The molecule has 8 unspecified atom stereocenters. The third-order valence-corrected chi connectivity index (χ3v) is 8.31. The summed E-state index contributed by atoms with van der Waals surface area (Å²) in [5.74, 6) is -3.59. The number of esters is 3. The Morgan fingerprint density at radius 2 is 1.79 bits per heavy atom. The highest BCUT2D eigenvalue weighted by Gasteiger charge is 2.63. The molecule has 8 atom stereocenters. The normalized spacial score (nSPS) is 36.4. The smallest absolute Gasteiger partial charge is 0.400 e. The molecule has 0 aromatic carbocycles. The molecule has 1 saturated heterocycles. The Balaban J connectivity index is 1.32. The summed E-state index contributed by atoms with van der Waals surface area (Å²) < 4.78 is 85.7. The fourth-order valence-electron chi connectivity index (χ4n) is 5.68. The lowest BCUT2D eigenvalue weighted by atomic mass is 9.79. The maximum absolute atomic E-state index is 13.6. The lowest BCUT2D eigenvalue weighted by molar-refractivity contribution is -0.173. The van der Waals surface area contributed by atoms with Gasteiger partial charge in [0.15, 0.2) is 6.17 Å². The van der Waals surface area contributed by atoms with Crippen LogP contribution in [-0.4, -0.2) is 61.1 Å². The maximum atomic E-state index is 13.6. The second-order valence-corrected chi connectivity index (χ2v) is 10.8. The zero-order valence-electron chi connectivity index (χ0n) is 17.5. The maximum Gasteiger partial charge on any atom is 0.400 e. The molecule has 9 nitrogen and oxygen atoms in total. The summed E-state index contributed by atoms with van der Waals surface area (Å²) in [6, 6.07) is 0. The predicted molar refractivity (Wildman–Crippen MR) is 102 cm³/mol. The molecular formula is C20H25F3O9S. The van der Waals surface area contributed by atoms with Crippen molar-refractivity contribution in [2.24, 2.45) is 29.6 Å². The number of alkyl halides is 3. The van der Waals surface area contributed by atoms with Gasteiger partial charge in [-0.3, -0.25) is 18.9 Å². The van der Waals surface area contributed by atoms with E-state index >= 15 is 0 Å². The average molecular weight is 498 g/mol. The van der Waals surface area contributed by atoms with Gasteiger partial charge in [-0.05, 0) is 25.7 Å². The number of hydrogen-bond acceptors (Lipinski definition) is 8. The first-order valence-corrected chi connectivity index (χ1v) is 12.4. The molecule has 33 heavy (non-hydrogen) atoms. The molecule has 4 rings (SSSR count). The van der Waals surface area contributed by atoms with Gasteiger partial charge in [-0.2, -0.15) is 17.2 Å². The summed E-state index contributed by atoms with van der Waals surface area (Å²) >= 11 is 0. The molecule has 0 radical (unpaired) electrons. The molecule has 1 aliphatic heterocycles. The third-order valence-electron chi connectivity index (χ3n) is 7.36. The summed E-state index contributed by atoms with van der Waals surface area (Å²) in [7, 11) is -5.96. The largest absolute Gasteiger partial charge is 0.465 e. The van der Waals surface area contributed by atoms with Crippen LogP contribution < -0.4 is 0 Å². The van der Waals surface area contributed by atoms with Crippen molar-refractivity contribution in [2.75, 3.05) is 6.61 Å². The second-order valence-electron chi connectivity index (χ2n) is 9.26. The SMILES string of the molecule is O=C(OCCC(F)C(F)(F)S(=O)(=O)O)C1CCCCC1C(=O)OC1C2CC3C(=O)OC1C3C2. The van der Waals surface area contributed by atoms with E-state index in [1.165, 1.54) is 0 Å². The van der Waals surface area contributed by atoms with Gasteiger partial charge in [0.05, 0.1) is 24.4 Å². The lowest BCUT2D eigenvalue weighted by Gasteiger charge is -2.31. The molecule has 0 aromatic heterocycles. The molecule has 3 aliphatic carbocycles. The predicted octanol–water partition coefficient (Wildman–Crippen LogP) is 2.04. The second kappa shape index (κ2) is 8.71. The minimum Gasteiger partial charge on any atom is -0.465 e. The molecule has 3 saturated carbocycles. The first-order chi connectivity index (χ1) is 15.4. The van der Waals surface area contributed by atoms with Crippen LogP contribution in [0.4, 0.5) is 13.2 Å². The summed E-state index contributed by atoms with van der Waals surface area (Å²) in [4.78, 5) is 37.3. The third kappa shape index (κ3) is 4.33. The van der Waals surface area contributed by atoms with Crippen LogP contribution in [0.25, 0.3) is 0 Å². The van der Waals surface area contributed by atoms with E-state index in [0.717, 1.165) is 6.42 Å². The first kappa shape index (κ1) is 24.2.